The molecular formula is C31H38ClN3O6S. The Balaban J connectivity index is 2.07. The zero-order valence-corrected chi connectivity index (χ0v) is 26.1. The van der Waals surface area contributed by atoms with Crippen molar-refractivity contribution in [1.29, 1.82) is 0 Å². The molecule has 0 radical (unpaired) electrons. The van der Waals surface area contributed by atoms with Crippen LogP contribution in [0.2, 0.25) is 5.02 Å². The van der Waals surface area contributed by atoms with E-state index in [4.69, 9.17) is 21.1 Å². The van der Waals surface area contributed by atoms with Crippen LogP contribution < -0.4 is 19.1 Å². The number of hydrogen-bond acceptors (Lipinski definition) is 6. The fourth-order valence-electron chi connectivity index (χ4n) is 4.36. The van der Waals surface area contributed by atoms with E-state index in [0.717, 1.165) is 9.87 Å². The average molecular weight is 616 g/mol. The van der Waals surface area contributed by atoms with Crippen LogP contribution in [0, 0.1) is 5.92 Å². The van der Waals surface area contributed by atoms with Crippen LogP contribution >= 0.6 is 11.6 Å². The first kappa shape index (κ1) is 32.8. The molecule has 9 nitrogen and oxygen atoms in total. The number of sulfonamides is 1. The predicted octanol–water partition coefficient (Wildman–Crippen LogP) is 5.13. The van der Waals surface area contributed by atoms with Gasteiger partial charge in [-0.1, -0.05) is 62.7 Å². The highest BCUT2D eigenvalue weighted by molar-refractivity contribution is 7.92. The molecule has 1 N–H and O–H groups in total. The van der Waals surface area contributed by atoms with E-state index >= 15 is 0 Å². The van der Waals surface area contributed by atoms with E-state index in [1.165, 1.54) is 49.5 Å². The van der Waals surface area contributed by atoms with Crippen LogP contribution in [0.3, 0.4) is 0 Å². The summed E-state index contributed by atoms with van der Waals surface area (Å²) < 4.78 is 39.8. The largest absolute Gasteiger partial charge is 0.493 e. The third-order valence-electron chi connectivity index (χ3n) is 6.60. The Morgan fingerprint density at radius 2 is 1.57 bits per heavy atom. The smallest absolute Gasteiger partial charge is 0.264 e. The molecule has 1 unspecified atom stereocenters. The maximum Gasteiger partial charge on any atom is 0.264 e. The van der Waals surface area contributed by atoms with Crippen molar-refractivity contribution in [3.05, 3.63) is 83.4 Å². The zero-order chi connectivity index (χ0) is 30.9. The Morgan fingerprint density at radius 1 is 0.929 bits per heavy atom. The second-order valence-corrected chi connectivity index (χ2v) is 12.4. The van der Waals surface area contributed by atoms with Gasteiger partial charge in [-0.3, -0.25) is 13.9 Å². The molecule has 3 aromatic carbocycles. The van der Waals surface area contributed by atoms with Crippen molar-refractivity contribution in [3.63, 3.8) is 0 Å². The van der Waals surface area contributed by atoms with Gasteiger partial charge in [-0.2, -0.15) is 0 Å². The molecular weight excluding hydrogens is 578 g/mol. The van der Waals surface area contributed by atoms with E-state index in [0.29, 0.717) is 23.7 Å². The first-order chi connectivity index (χ1) is 20.0. The van der Waals surface area contributed by atoms with E-state index in [1.807, 2.05) is 51.1 Å². The molecule has 0 aromatic heterocycles. The number of nitrogens with one attached hydrogen (secondary N) is 1. The molecule has 1 atom stereocenters. The Hall–Kier alpha value is -3.76. The lowest BCUT2D eigenvalue weighted by Crippen LogP contribution is -2.52. The Kier molecular flexibility index (Phi) is 11.6. The number of methoxy groups -OCH3 is 2. The molecule has 42 heavy (non-hydrogen) atoms. The number of benzene rings is 3. The molecule has 0 aliphatic carbocycles. The summed E-state index contributed by atoms with van der Waals surface area (Å²) in [5.41, 5.74) is 1.04. The third kappa shape index (κ3) is 8.17. The fourth-order valence-corrected chi connectivity index (χ4v) is 5.92. The summed E-state index contributed by atoms with van der Waals surface area (Å²) in [6.07, 6.45) is 0.339. The monoisotopic (exact) mass is 615 g/mol. The van der Waals surface area contributed by atoms with Gasteiger partial charge in [0.15, 0.2) is 11.5 Å². The summed E-state index contributed by atoms with van der Waals surface area (Å²) in [5, 5.41) is 3.33. The number of ether oxygens (including phenoxy) is 2. The highest BCUT2D eigenvalue weighted by Crippen LogP contribution is 2.32. The van der Waals surface area contributed by atoms with Gasteiger partial charge in [0.25, 0.3) is 10.0 Å². The predicted molar refractivity (Wildman–Crippen MR) is 164 cm³/mol. The van der Waals surface area contributed by atoms with Gasteiger partial charge in [0.1, 0.15) is 12.6 Å². The molecule has 0 fully saturated rings. The van der Waals surface area contributed by atoms with Gasteiger partial charge >= 0.3 is 0 Å². The van der Waals surface area contributed by atoms with Gasteiger partial charge in [-0.15, -0.1) is 0 Å². The molecule has 0 aliphatic rings. The fraction of sp³-hybridized carbons (Fsp3) is 0.355. The molecule has 11 heteroatoms. The number of halogens is 1. The molecule has 0 spiro atoms. The second kappa shape index (κ2) is 14.9. The quantitative estimate of drug-likeness (QED) is 0.270. The first-order valence-electron chi connectivity index (χ1n) is 13.6. The topological polar surface area (TPSA) is 105 Å². The molecule has 0 aliphatic heterocycles. The molecule has 0 saturated carbocycles. The van der Waals surface area contributed by atoms with Crippen LogP contribution in [0.1, 0.15) is 32.8 Å². The highest BCUT2D eigenvalue weighted by Gasteiger charge is 2.34. The van der Waals surface area contributed by atoms with Gasteiger partial charge < -0.3 is 19.7 Å². The molecule has 3 aromatic rings. The summed E-state index contributed by atoms with van der Waals surface area (Å²) >= 11 is 6.10. The number of rotatable bonds is 14. The van der Waals surface area contributed by atoms with Crippen LogP contribution in [-0.4, -0.2) is 58.5 Å². The maximum absolute atomic E-state index is 14.1. The second-order valence-electron chi connectivity index (χ2n) is 10.1. The van der Waals surface area contributed by atoms with Crippen LogP contribution in [0.25, 0.3) is 0 Å². The lowest BCUT2D eigenvalue weighted by atomic mass is 10.1. The molecule has 3 rings (SSSR count). The molecule has 0 saturated heterocycles. The van der Waals surface area contributed by atoms with Crippen molar-refractivity contribution in [2.24, 2.45) is 5.92 Å². The SMILES string of the molecule is CCC(C(=O)NCC(C)C)N(Cc1ccccc1)C(=O)CN(c1ccc(Cl)cc1)S(=O)(=O)c1ccc(OC)c(OC)c1. The lowest BCUT2D eigenvalue weighted by Gasteiger charge is -2.33. The van der Waals surface area contributed by atoms with Gasteiger partial charge in [-0.05, 0) is 54.3 Å². The molecule has 0 bridgehead atoms. The van der Waals surface area contributed by atoms with Gasteiger partial charge in [0.2, 0.25) is 11.8 Å². The van der Waals surface area contributed by atoms with Crippen molar-refractivity contribution in [2.45, 2.75) is 44.7 Å². The summed E-state index contributed by atoms with van der Waals surface area (Å²) in [6.45, 7) is 5.81. The van der Waals surface area contributed by atoms with Crippen LogP contribution in [-0.2, 0) is 26.2 Å². The number of nitrogens with zero attached hydrogens (tertiary/aromatic N) is 2. The summed E-state index contributed by atoms with van der Waals surface area (Å²) in [4.78, 5) is 28.7. The summed E-state index contributed by atoms with van der Waals surface area (Å²) in [7, 11) is -1.43. The van der Waals surface area contributed by atoms with Gasteiger partial charge in [-0.25, -0.2) is 8.42 Å². The first-order valence-corrected chi connectivity index (χ1v) is 15.4. The number of carbonyl (C=O) groups is 2. The van der Waals surface area contributed by atoms with Gasteiger partial charge in [0.05, 0.1) is 24.8 Å². The Bertz CT molecular complexity index is 1450. The Morgan fingerprint density at radius 3 is 2.14 bits per heavy atom. The maximum atomic E-state index is 14.1. The molecule has 0 heterocycles. The van der Waals surface area contributed by atoms with E-state index in [9.17, 15) is 18.0 Å². The minimum absolute atomic E-state index is 0.0979. The van der Waals surface area contributed by atoms with Crippen molar-refractivity contribution >= 4 is 39.1 Å². The number of carbonyl (C=O) groups excluding carboxylic acids is 2. The third-order valence-corrected chi connectivity index (χ3v) is 8.62. The van der Waals surface area contributed by atoms with Crippen molar-refractivity contribution < 1.29 is 27.5 Å². The number of hydrogen-bond donors (Lipinski definition) is 1. The van der Waals surface area contributed by atoms with Crippen molar-refractivity contribution in [3.8, 4) is 11.5 Å². The van der Waals surface area contributed by atoms with Crippen LogP contribution in [0.15, 0.2) is 77.7 Å². The van der Waals surface area contributed by atoms with E-state index in [2.05, 4.69) is 5.32 Å². The standard InChI is InChI=1S/C31H38ClN3O6S/c1-6-27(31(37)33-19-22(2)3)34(20-23-10-8-7-9-11-23)30(36)21-35(25-14-12-24(32)13-15-25)42(38,39)26-16-17-28(40-4)29(18-26)41-5/h7-18,22,27H,6,19-21H2,1-5H3,(H,33,37). The van der Waals surface area contributed by atoms with E-state index < -0.39 is 28.5 Å². The minimum atomic E-state index is -4.29. The van der Waals surface area contributed by atoms with E-state index in [-0.39, 0.29) is 34.7 Å². The average Bonchev–Trinajstić information content (AvgIpc) is 2.99. The highest BCUT2D eigenvalue weighted by atomic mass is 35.5. The van der Waals surface area contributed by atoms with Crippen LogP contribution in [0.5, 0.6) is 11.5 Å². The van der Waals surface area contributed by atoms with Crippen molar-refractivity contribution in [2.75, 3.05) is 31.6 Å². The number of amides is 2. The Labute approximate surface area is 253 Å². The normalized spacial score (nSPS) is 12.0. The summed E-state index contributed by atoms with van der Waals surface area (Å²) in [6, 6.07) is 18.8. The lowest BCUT2D eigenvalue weighted by molar-refractivity contribution is -0.140. The van der Waals surface area contributed by atoms with E-state index in [1.54, 1.807) is 12.1 Å². The zero-order valence-electron chi connectivity index (χ0n) is 24.5. The van der Waals surface area contributed by atoms with Crippen molar-refractivity contribution in [1.82, 2.24) is 10.2 Å². The summed E-state index contributed by atoms with van der Waals surface area (Å²) in [5.74, 6) is -0.0326. The molecule has 226 valence electrons. The molecule has 2 amide bonds. The minimum Gasteiger partial charge on any atom is -0.493 e. The number of anilines is 1. The van der Waals surface area contributed by atoms with Gasteiger partial charge in [0, 0.05) is 24.2 Å². The van der Waals surface area contributed by atoms with Crippen LogP contribution in [0.4, 0.5) is 5.69 Å².